The molecule has 3 rings (SSSR count). The van der Waals surface area contributed by atoms with Gasteiger partial charge in [-0.25, -0.2) is 4.79 Å². The van der Waals surface area contributed by atoms with Crippen LogP contribution in [0.3, 0.4) is 0 Å². The van der Waals surface area contributed by atoms with E-state index in [4.69, 9.17) is 5.73 Å². The quantitative estimate of drug-likeness (QED) is 0.719. The van der Waals surface area contributed by atoms with E-state index in [1.165, 1.54) is 0 Å². The first-order chi connectivity index (χ1) is 13.0. The second-order valence-electron chi connectivity index (χ2n) is 6.29. The number of benzene rings is 3. The number of hydrogen-bond acceptors (Lipinski definition) is 2. The first-order valence-corrected chi connectivity index (χ1v) is 8.59. The molecule has 0 aliphatic heterocycles. The van der Waals surface area contributed by atoms with Crippen LogP contribution in [-0.4, -0.2) is 23.9 Å². The minimum atomic E-state index is -0.634. The number of carbonyl (C=O) groups is 2. The Balaban J connectivity index is 1.65. The summed E-state index contributed by atoms with van der Waals surface area (Å²) in [4.78, 5) is 25.1. The van der Waals surface area contributed by atoms with Gasteiger partial charge in [0.2, 0.25) is 0 Å². The summed E-state index contributed by atoms with van der Waals surface area (Å²) in [7, 11) is 1.77. The van der Waals surface area contributed by atoms with Crippen molar-refractivity contribution < 1.29 is 9.59 Å². The van der Waals surface area contributed by atoms with Crippen LogP contribution < -0.4 is 11.1 Å². The lowest BCUT2D eigenvalue weighted by molar-refractivity contribution is 0.0785. The van der Waals surface area contributed by atoms with E-state index in [1.54, 1.807) is 36.2 Å². The Bertz CT molecular complexity index is 920. The van der Waals surface area contributed by atoms with Gasteiger partial charge in [-0.15, -0.1) is 0 Å². The number of nitrogens with one attached hydrogen (secondary N) is 1. The lowest BCUT2D eigenvalue weighted by Crippen LogP contribution is -2.26. The summed E-state index contributed by atoms with van der Waals surface area (Å²) in [5.41, 5.74) is 9.54. The summed E-state index contributed by atoms with van der Waals surface area (Å²) in [6.07, 6.45) is 0. The highest BCUT2D eigenvalue weighted by Gasteiger charge is 2.12. The number of nitrogens with two attached hydrogens (primary N) is 1. The van der Waals surface area contributed by atoms with E-state index in [0.29, 0.717) is 17.8 Å². The van der Waals surface area contributed by atoms with Crippen molar-refractivity contribution in [2.75, 3.05) is 12.4 Å². The number of carbonyl (C=O) groups excluding carboxylic acids is 2. The Kier molecular flexibility index (Phi) is 5.52. The van der Waals surface area contributed by atoms with Crippen molar-refractivity contribution in [1.82, 2.24) is 4.90 Å². The van der Waals surface area contributed by atoms with Crippen LogP contribution in [0.1, 0.15) is 15.9 Å². The zero-order valence-electron chi connectivity index (χ0n) is 15.1. The van der Waals surface area contributed by atoms with Crippen molar-refractivity contribution in [3.05, 3.63) is 90.0 Å². The summed E-state index contributed by atoms with van der Waals surface area (Å²) in [5, 5.41) is 2.47. The number of anilines is 1. The van der Waals surface area contributed by atoms with Gasteiger partial charge >= 0.3 is 6.03 Å². The fraction of sp³-hybridized carbons (Fsp3) is 0.0909. The van der Waals surface area contributed by atoms with Gasteiger partial charge in [0.1, 0.15) is 0 Å². The van der Waals surface area contributed by atoms with Gasteiger partial charge in [0, 0.05) is 24.8 Å². The fourth-order valence-corrected chi connectivity index (χ4v) is 2.84. The molecule has 0 saturated carbocycles. The number of nitrogens with zero attached hydrogens (tertiary/aromatic N) is 1. The molecule has 136 valence electrons. The fourth-order valence-electron chi connectivity index (χ4n) is 2.84. The van der Waals surface area contributed by atoms with Crippen molar-refractivity contribution >= 4 is 17.6 Å². The molecule has 0 unspecified atom stereocenters. The molecule has 3 aromatic rings. The zero-order valence-corrected chi connectivity index (χ0v) is 15.1. The second-order valence-corrected chi connectivity index (χ2v) is 6.29. The monoisotopic (exact) mass is 359 g/mol. The molecule has 5 nitrogen and oxygen atoms in total. The van der Waals surface area contributed by atoms with Crippen molar-refractivity contribution in [3.8, 4) is 11.1 Å². The van der Waals surface area contributed by atoms with E-state index < -0.39 is 6.03 Å². The maximum atomic E-state index is 12.6. The molecule has 3 aromatic carbocycles. The molecule has 0 saturated heterocycles. The third-order valence-electron chi connectivity index (χ3n) is 4.23. The maximum absolute atomic E-state index is 12.6. The van der Waals surface area contributed by atoms with E-state index in [2.05, 4.69) is 29.6 Å². The lowest BCUT2D eigenvalue weighted by atomic mass is 10.0. The molecule has 0 heterocycles. The molecule has 3 N–H and O–H groups in total. The SMILES string of the molecule is CN(Cc1ccc(-c2ccccc2)cc1)C(=O)c1ccc(NC(N)=O)cc1. The van der Waals surface area contributed by atoms with E-state index >= 15 is 0 Å². The third-order valence-corrected chi connectivity index (χ3v) is 4.23. The number of urea groups is 1. The molecule has 0 fully saturated rings. The Morgan fingerprint density at radius 1 is 0.852 bits per heavy atom. The molecule has 0 bridgehead atoms. The minimum Gasteiger partial charge on any atom is -0.351 e. The molecule has 0 atom stereocenters. The van der Waals surface area contributed by atoms with Gasteiger partial charge < -0.3 is 16.0 Å². The number of primary amides is 1. The van der Waals surface area contributed by atoms with Crippen molar-refractivity contribution in [2.45, 2.75) is 6.54 Å². The average Bonchev–Trinajstić information content (AvgIpc) is 2.69. The second kappa shape index (κ2) is 8.19. The average molecular weight is 359 g/mol. The summed E-state index contributed by atoms with van der Waals surface area (Å²) >= 11 is 0. The van der Waals surface area contributed by atoms with E-state index in [-0.39, 0.29) is 5.91 Å². The van der Waals surface area contributed by atoms with Crippen LogP contribution in [0, 0.1) is 0 Å². The molecule has 0 aliphatic carbocycles. The molecular formula is C22H21N3O2. The molecular weight excluding hydrogens is 338 g/mol. The lowest BCUT2D eigenvalue weighted by Gasteiger charge is -2.18. The van der Waals surface area contributed by atoms with Crippen LogP contribution in [0.4, 0.5) is 10.5 Å². The highest BCUT2D eigenvalue weighted by Crippen LogP contribution is 2.20. The van der Waals surface area contributed by atoms with Gasteiger partial charge in [-0.2, -0.15) is 0 Å². The predicted octanol–water partition coefficient (Wildman–Crippen LogP) is 4.12. The van der Waals surface area contributed by atoms with Crippen LogP contribution in [0.15, 0.2) is 78.9 Å². The van der Waals surface area contributed by atoms with E-state index in [0.717, 1.165) is 16.7 Å². The third kappa shape index (κ3) is 4.73. The van der Waals surface area contributed by atoms with Gasteiger partial charge in [-0.05, 0) is 41.0 Å². The Labute approximate surface area is 158 Å². The molecule has 0 aromatic heterocycles. The largest absolute Gasteiger partial charge is 0.351 e. The summed E-state index contributed by atoms with van der Waals surface area (Å²) in [6.45, 7) is 0.509. The van der Waals surface area contributed by atoms with Gasteiger partial charge in [0.15, 0.2) is 0 Å². The molecule has 0 aliphatic rings. The predicted molar refractivity (Wildman–Crippen MR) is 107 cm³/mol. The number of rotatable bonds is 5. The van der Waals surface area contributed by atoms with Gasteiger partial charge in [-0.3, -0.25) is 4.79 Å². The molecule has 5 heteroatoms. The Morgan fingerprint density at radius 3 is 2.04 bits per heavy atom. The highest BCUT2D eigenvalue weighted by molar-refractivity contribution is 5.95. The van der Waals surface area contributed by atoms with Crippen LogP contribution in [0.25, 0.3) is 11.1 Å². The van der Waals surface area contributed by atoms with Crippen LogP contribution in [0.2, 0.25) is 0 Å². The maximum Gasteiger partial charge on any atom is 0.316 e. The van der Waals surface area contributed by atoms with Gasteiger partial charge in [-0.1, -0.05) is 54.6 Å². The van der Waals surface area contributed by atoms with Crippen LogP contribution in [-0.2, 0) is 6.54 Å². The number of amides is 3. The van der Waals surface area contributed by atoms with E-state index in [1.807, 2.05) is 30.3 Å². The van der Waals surface area contributed by atoms with Crippen LogP contribution >= 0.6 is 0 Å². The van der Waals surface area contributed by atoms with Crippen molar-refractivity contribution in [2.24, 2.45) is 5.73 Å². The summed E-state index contributed by atoms with van der Waals surface area (Å²) in [5.74, 6) is -0.0900. The molecule has 27 heavy (non-hydrogen) atoms. The van der Waals surface area contributed by atoms with Gasteiger partial charge in [0.25, 0.3) is 5.91 Å². The minimum absolute atomic E-state index is 0.0900. The summed E-state index contributed by atoms with van der Waals surface area (Å²) < 4.78 is 0. The van der Waals surface area contributed by atoms with Crippen LogP contribution in [0.5, 0.6) is 0 Å². The van der Waals surface area contributed by atoms with Gasteiger partial charge in [0.05, 0.1) is 0 Å². The standard InChI is InChI=1S/C22H21N3O2/c1-25(21(26)19-11-13-20(14-12-19)24-22(23)27)15-16-7-9-18(10-8-16)17-5-3-2-4-6-17/h2-14H,15H2,1H3,(H3,23,24,27). The summed E-state index contributed by atoms with van der Waals surface area (Å²) in [6, 6.07) is 24.4. The first-order valence-electron chi connectivity index (χ1n) is 8.59. The zero-order chi connectivity index (χ0) is 19.2. The molecule has 3 amide bonds. The number of hydrogen-bond donors (Lipinski definition) is 2. The highest BCUT2D eigenvalue weighted by atomic mass is 16.2. The first kappa shape index (κ1) is 18.2. The molecule has 0 spiro atoms. The van der Waals surface area contributed by atoms with E-state index in [9.17, 15) is 9.59 Å². The molecule has 0 radical (unpaired) electrons. The normalized spacial score (nSPS) is 10.3. The Hall–Kier alpha value is -3.60. The Morgan fingerprint density at radius 2 is 1.44 bits per heavy atom. The topological polar surface area (TPSA) is 75.4 Å². The van der Waals surface area contributed by atoms with Crippen molar-refractivity contribution in [1.29, 1.82) is 0 Å². The smallest absolute Gasteiger partial charge is 0.316 e. The van der Waals surface area contributed by atoms with Crippen molar-refractivity contribution in [3.63, 3.8) is 0 Å².